The van der Waals surface area contributed by atoms with Crippen molar-refractivity contribution in [2.24, 2.45) is 5.92 Å². The Morgan fingerprint density at radius 3 is 2.67 bits per heavy atom. The van der Waals surface area contributed by atoms with E-state index in [2.05, 4.69) is 27.0 Å². The Hall–Kier alpha value is -1.53. The van der Waals surface area contributed by atoms with Gasteiger partial charge in [0.2, 0.25) is 5.91 Å². The number of carbonyl (C=O) groups is 1. The second-order valence-corrected chi connectivity index (χ2v) is 8.42. The van der Waals surface area contributed by atoms with Crippen LogP contribution in [0.1, 0.15) is 50.4 Å². The van der Waals surface area contributed by atoms with Crippen molar-refractivity contribution in [2.45, 2.75) is 63.7 Å². The van der Waals surface area contributed by atoms with Crippen molar-refractivity contribution >= 4 is 29.3 Å². The van der Waals surface area contributed by atoms with Crippen LogP contribution in [0.5, 0.6) is 0 Å². The second kappa shape index (κ2) is 10.1. The molecular weight excluding hydrogens is 380 g/mol. The molecule has 0 spiro atoms. The van der Waals surface area contributed by atoms with E-state index in [1.165, 1.54) is 43.9 Å². The second-order valence-electron chi connectivity index (χ2n) is 7.04. The molecule has 0 bridgehead atoms. The van der Waals surface area contributed by atoms with Crippen LogP contribution in [0.4, 0.5) is 0 Å². The van der Waals surface area contributed by atoms with Gasteiger partial charge in [0.15, 0.2) is 5.16 Å². The van der Waals surface area contributed by atoms with Crippen LogP contribution in [-0.4, -0.2) is 26.4 Å². The number of thioether (sulfide) groups is 1. The lowest BCUT2D eigenvalue weighted by Crippen LogP contribution is -2.24. The number of hydrogen-bond acceptors (Lipinski definition) is 4. The normalized spacial score (nSPS) is 15.0. The minimum Gasteiger partial charge on any atom is -0.351 e. The van der Waals surface area contributed by atoms with Gasteiger partial charge >= 0.3 is 0 Å². The van der Waals surface area contributed by atoms with E-state index in [1.807, 2.05) is 24.3 Å². The van der Waals surface area contributed by atoms with Gasteiger partial charge in [0.05, 0.1) is 5.75 Å². The summed E-state index contributed by atoms with van der Waals surface area (Å²) in [5.41, 5.74) is 1.03. The molecular formula is C20H27ClN4OS. The molecule has 1 amide bonds. The van der Waals surface area contributed by atoms with Gasteiger partial charge in [-0.3, -0.25) is 4.79 Å². The monoisotopic (exact) mass is 406 g/mol. The van der Waals surface area contributed by atoms with E-state index >= 15 is 0 Å². The Bertz CT molecular complexity index is 741. The summed E-state index contributed by atoms with van der Waals surface area (Å²) in [6.07, 6.45) is 7.63. The third kappa shape index (κ3) is 5.98. The standard InChI is InChI=1S/C20H27ClN4OS/c1-2-25-18(12-15-6-4-3-5-7-15)23-24-20(25)27-14-19(26)22-13-16-8-10-17(21)11-9-16/h8-11,15H,2-7,12-14H2,1H3,(H,22,26). The van der Waals surface area contributed by atoms with Crippen LogP contribution in [0.25, 0.3) is 0 Å². The Morgan fingerprint density at radius 2 is 1.96 bits per heavy atom. The summed E-state index contributed by atoms with van der Waals surface area (Å²) in [5, 5.41) is 13.2. The lowest BCUT2D eigenvalue weighted by molar-refractivity contribution is -0.118. The van der Waals surface area contributed by atoms with Gasteiger partial charge < -0.3 is 9.88 Å². The Labute approximate surface area is 170 Å². The zero-order valence-electron chi connectivity index (χ0n) is 15.8. The number of nitrogens with zero attached hydrogens (tertiary/aromatic N) is 3. The van der Waals surface area contributed by atoms with Crippen molar-refractivity contribution in [2.75, 3.05) is 5.75 Å². The van der Waals surface area contributed by atoms with Gasteiger partial charge in [-0.05, 0) is 30.5 Å². The van der Waals surface area contributed by atoms with E-state index in [0.717, 1.165) is 35.4 Å². The maximum Gasteiger partial charge on any atom is 0.230 e. The molecule has 2 aromatic rings. The molecule has 1 fully saturated rings. The molecule has 0 unspecified atom stereocenters. The largest absolute Gasteiger partial charge is 0.351 e. The Kier molecular flexibility index (Phi) is 7.59. The number of amides is 1. The summed E-state index contributed by atoms with van der Waals surface area (Å²) in [7, 11) is 0. The van der Waals surface area contributed by atoms with Gasteiger partial charge in [-0.1, -0.05) is 67.6 Å². The quantitative estimate of drug-likeness (QED) is 0.656. The summed E-state index contributed by atoms with van der Waals surface area (Å²) in [6, 6.07) is 7.49. The van der Waals surface area contributed by atoms with E-state index in [-0.39, 0.29) is 5.91 Å². The van der Waals surface area contributed by atoms with Crippen LogP contribution in [0.3, 0.4) is 0 Å². The molecule has 3 rings (SSSR count). The Balaban J connectivity index is 1.49. The van der Waals surface area contributed by atoms with Gasteiger partial charge in [0.25, 0.3) is 0 Å². The first kappa shape index (κ1) is 20.2. The third-order valence-electron chi connectivity index (χ3n) is 5.04. The predicted octanol–water partition coefficient (Wildman–Crippen LogP) is 4.48. The molecule has 27 heavy (non-hydrogen) atoms. The van der Waals surface area contributed by atoms with Crippen molar-refractivity contribution in [1.82, 2.24) is 20.1 Å². The van der Waals surface area contributed by atoms with Crippen LogP contribution >= 0.6 is 23.4 Å². The number of rotatable bonds is 8. The summed E-state index contributed by atoms with van der Waals surface area (Å²) in [5.74, 6) is 2.13. The molecule has 1 aromatic carbocycles. The first-order valence-corrected chi connectivity index (χ1v) is 11.1. The fourth-order valence-corrected chi connectivity index (χ4v) is 4.51. The highest BCUT2D eigenvalue weighted by Crippen LogP contribution is 2.27. The molecule has 1 aliphatic rings. The van der Waals surface area contributed by atoms with Crippen molar-refractivity contribution in [3.8, 4) is 0 Å². The SMILES string of the molecule is CCn1c(CC2CCCCC2)nnc1SCC(=O)NCc1ccc(Cl)cc1. The minimum atomic E-state index is -0.00515. The van der Waals surface area contributed by atoms with Crippen LogP contribution in [0.2, 0.25) is 5.02 Å². The maximum absolute atomic E-state index is 12.2. The first-order valence-electron chi connectivity index (χ1n) is 9.71. The first-order chi connectivity index (χ1) is 13.2. The molecule has 5 nitrogen and oxygen atoms in total. The topological polar surface area (TPSA) is 59.8 Å². The Morgan fingerprint density at radius 1 is 1.22 bits per heavy atom. The molecule has 146 valence electrons. The van der Waals surface area contributed by atoms with Gasteiger partial charge in [0.1, 0.15) is 5.82 Å². The molecule has 0 aliphatic heterocycles. The van der Waals surface area contributed by atoms with Crippen molar-refractivity contribution in [1.29, 1.82) is 0 Å². The van der Waals surface area contributed by atoms with E-state index in [4.69, 9.17) is 11.6 Å². The zero-order valence-corrected chi connectivity index (χ0v) is 17.4. The molecule has 1 N–H and O–H groups in total. The fraction of sp³-hybridized carbons (Fsp3) is 0.550. The maximum atomic E-state index is 12.2. The van der Waals surface area contributed by atoms with Crippen molar-refractivity contribution in [3.05, 3.63) is 40.7 Å². The molecule has 0 saturated heterocycles. The minimum absolute atomic E-state index is 0.00515. The highest BCUT2D eigenvalue weighted by Gasteiger charge is 2.19. The summed E-state index contributed by atoms with van der Waals surface area (Å²) < 4.78 is 2.16. The number of hydrogen-bond donors (Lipinski definition) is 1. The smallest absolute Gasteiger partial charge is 0.230 e. The van der Waals surface area contributed by atoms with E-state index in [1.54, 1.807) is 0 Å². The van der Waals surface area contributed by atoms with Gasteiger partial charge in [-0.2, -0.15) is 0 Å². The van der Waals surface area contributed by atoms with Crippen LogP contribution < -0.4 is 5.32 Å². The number of nitrogens with one attached hydrogen (secondary N) is 1. The summed E-state index contributed by atoms with van der Waals surface area (Å²) in [6.45, 7) is 3.45. The number of carbonyl (C=O) groups excluding carboxylic acids is 1. The van der Waals surface area contributed by atoms with Crippen LogP contribution in [0, 0.1) is 5.92 Å². The zero-order chi connectivity index (χ0) is 19.1. The van der Waals surface area contributed by atoms with Crippen LogP contribution in [-0.2, 0) is 24.3 Å². The number of aromatic nitrogens is 3. The highest BCUT2D eigenvalue weighted by atomic mass is 35.5. The molecule has 0 atom stereocenters. The van der Waals surface area contributed by atoms with E-state index in [0.29, 0.717) is 17.3 Å². The van der Waals surface area contributed by atoms with Crippen molar-refractivity contribution in [3.63, 3.8) is 0 Å². The summed E-state index contributed by atoms with van der Waals surface area (Å²) >= 11 is 7.33. The van der Waals surface area contributed by atoms with Gasteiger partial charge in [-0.25, -0.2) is 0 Å². The molecule has 1 aliphatic carbocycles. The highest BCUT2D eigenvalue weighted by molar-refractivity contribution is 7.99. The summed E-state index contributed by atoms with van der Waals surface area (Å²) in [4.78, 5) is 12.2. The lowest BCUT2D eigenvalue weighted by atomic mass is 9.87. The van der Waals surface area contributed by atoms with Crippen molar-refractivity contribution < 1.29 is 4.79 Å². The average molecular weight is 407 g/mol. The number of benzene rings is 1. The van der Waals surface area contributed by atoms with Gasteiger partial charge in [-0.15, -0.1) is 10.2 Å². The average Bonchev–Trinajstić information content (AvgIpc) is 3.08. The van der Waals surface area contributed by atoms with Crippen LogP contribution in [0.15, 0.2) is 29.4 Å². The fourth-order valence-electron chi connectivity index (χ4n) is 3.53. The predicted molar refractivity (Wildman–Crippen MR) is 110 cm³/mol. The van der Waals surface area contributed by atoms with E-state index in [9.17, 15) is 4.79 Å². The number of halogens is 1. The molecule has 0 radical (unpaired) electrons. The van der Waals surface area contributed by atoms with E-state index < -0.39 is 0 Å². The molecule has 7 heteroatoms. The molecule has 1 heterocycles. The van der Waals surface area contributed by atoms with Gasteiger partial charge in [0, 0.05) is 24.5 Å². The third-order valence-corrected chi connectivity index (χ3v) is 6.26. The molecule has 1 aromatic heterocycles. The lowest BCUT2D eigenvalue weighted by Gasteiger charge is -2.21. The molecule has 1 saturated carbocycles.